The van der Waals surface area contributed by atoms with Crippen molar-refractivity contribution in [2.75, 3.05) is 0 Å². The van der Waals surface area contributed by atoms with E-state index in [0.29, 0.717) is 11.1 Å². The SMILES string of the molecule is [2H]c1c([2H])c([2H])c(-c2c([2H])c([2H])c([2H])c(-n3c4c([2H])c([2H])c([2H])c([2H])c4c4c([2H])c([2H])c5c(c6c([2H])c([2H])c([2H])c([2H])c6n5-c5nc(-c6ccccc6)nc(-c6cccc(-c7ccccc7)c6)n5)c43)c2[2H])c([2H])c1[2H]. The van der Waals surface area contributed by atoms with E-state index in [1.165, 1.54) is 4.57 Å². The van der Waals surface area contributed by atoms with Crippen LogP contribution < -0.4 is 0 Å². The van der Waals surface area contributed by atoms with Crippen molar-refractivity contribution in [3.63, 3.8) is 0 Å². The van der Waals surface area contributed by atoms with Gasteiger partial charge < -0.3 is 4.57 Å². The first-order chi connectivity index (χ1) is 35.7. The maximum atomic E-state index is 9.89. The first-order valence-corrected chi connectivity index (χ1v) is 17.3. The summed E-state index contributed by atoms with van der Waals surface area (Å²) in [5.41, 5.74) is -1.08. The smallest absolute Gasteiger partial charge is 0.238 e. The molecule has 0 spiro atoms. The molecule has 56 heavy (non-hydrogen) atoms. The van der Waals surface area contributed by atoms with Gasteiger partial charge in [0.05, 0.1) is 48.1 Å². The summed E-state index contributed by atoms with van der Waals surface area (Å²) in [6.45, 7) is 0. The van der Waals surface area contributed by atoms with Gasteiger partial charge in [0, 0.05) is 38.4 Å². The molecule has 0 fully saturated rings. The van der Waals surface area contributed by atoms with Crippen LogP contribution in [-0.4, -0.2) is 24.1 Å². The van der Waals surface area contributed by atoms with Crippen molar-refractivity contribution in [1.29, 1.82) is 0 Å². The molecule has 0 bridgehead atoms. The number of benzene rings is 8. The Morgan fingerprint density at radius 2 is 1.02 bits per heavy atom. The zero-order valence-corrected chi connectivity index (χ0v) is 28.8. The zero-order valence-electron chi connectivity index (χ0n) is 47.8. The third-order valence-corrected chi connectivity index (χ3v) is 9.42. The standard InChI is InChI=1S/C51H33N5/c1-4-16-34(17-5-1)37-22-14-24-39(32-37)50-52-49(36-20-8-3-9-21-36)53-51(54-50)56-45-29-13-11-27-43(45)47-46(56)31-30-42-41-26-10-12-28-44(41)55(48(42)47)40-25-15-23-38(33-40)35-18-6-2-7-19-35/h1-33H/i2D,6D,7D,10D,11D,12D,13D,15D,18D,19D,23D,25D,26D,27D,28D,29D,30D,31D,33D. The second-order valence-corrected chi connectivity index (χ2v) is 12.6. The maximum Gasteiger partial charge on any atom is 0.238 e. The van der Waals surface area contributed by atoms with Crippen molar-refractivity contribution in [3.05, 3.63) is 200 Å². The first-order valence-electron chi connectivity index (χ1n) is 26.8. The Labute approximate surface area is 350 Å². The van der Waals surface area contributed by atoms with Gasteiger partial charge in [0.1, 0.15) is 0 Å². The number of aromatic nitrogens is 5. The van der Waals surface area contributed by atoms with Crippen LogP contribution in [0.5, 0.6) is 0 Å². The molecule has 0 saturated carbocycles. The van der Waals surface area contributed by atoms with Gasteiger partial charge in [0.2, 0.25) is 5.95 Å². The Morgan fingerprint density at radius 3 is 1.80 bits per heavy atom. The number of hydrogen-bond donors (Lipinski definition) is 0. The van der Waals surface area contributed by atoms with Gasteiger partial charge in [-0.2, -0.15) is 9.97 Å². The fourth-order valence-corrected chi connectivity index (χ4v) is 6.97. The van der Waals surface area contributed by atoms with Gasteiger partial charge in [-0.25, -0.2) is 4.98 Å². The minimum absolute atomic E-state index is 0.0836. The van der Waals surface area contributed by atoms with Crippen molar-refractivity contribution in [3.8, 4) is 56.7 Å². The van der Waals surface area contributed by atoms with E-state index in [4.69, 9.17) is 30.0 Å². The van der Waals surface area contributed by atoms with Crippen LogP contribution in [0.15, 0.2) is 200 Å². The number of hydrogen-bond acceptors (Lipinski definition) is 3. The highest BCUT2D eigenvalue weighted by Crippen LogP contribution is 2.42. The first kappa shape index (κ1) is 18.1. The van der Waals surface area contributed by atoms with Crippen molar-refractivity contribution in [2.45, 2.75) is 0 Å². The second kappa shape index (κ2) is 13.0. The van der Waals surface area contributed by atoms with Gasteiger partial charge in [0.25, 0.3) is 0 Å². The summed E-state index contributed by atoms with van der Waals surface area (Å²) < 4.78 is 175. The average molecular weight is 735 g/mol. The lowest BCUT2D eigenvalue weighted by atomic mass is 10.0. The molecule has 0 saturated heterocycles. The predicted molar refractivity (Wildman–Crippen MR) is 230 cm³/mol. The van der Waals surface area contributed by atoms with Gasteiger partial charge in [-0.1, -0.05) is 163 Å². The van der Waals surface area contributed by atoms with Crippen LogP contribution >= 0.6 is 0 Å². The molecule has 3 heterocycles. The molecule has 262 valence electrons. The monoisotopic (exact) mass is 734 g/mol. The van der Waals surface area contributed by atoms with Crippen molar-refractivity contribution in [2.24, 2.45) is 0 Å². The fraction of sp³-hybridized carbons (Fsp3) is 0. The van der Waals surface area contributed by atoms with E-state index in [0.717, 1.165) is 15.7 Å². The second-order valence-electron chi connectivity index (χ2n) is 12.6. The topological polar surface area (TPSA) is 48.5 Å². The van der Waals surface area contributed by atoms with Crippen molar-refractivity contribution in [1.82, 2.24) is 24.1 Å². The molecule has 0 radical (unpaired) electrons. The molecule has 0 atom stereocenters. The summed E-state index contributed by atoms with van der Waals surface area (Å²) in [6, 6.07) is 10.3. The molecule has 5 nitrogen and oxygen atoms in total. The summed E-state index contributed by atoms with van der Waals surface area (Å²) in [7, 11) is 0. The van der Waals surface area contributed by atoms with E-state index >= 15 is 0 Å². The van der Waals surface area contributed by atoms with Crippen LogP contribution in [0.4, 0.5) is 0 Å². The van der Waals surface area contributed by atoms with Crippen molar-refractivity contribution < 1.29 is 26.0 Å². The van der Waals surface area contributed by atoms with E-state index in [1.54, 1.807) is 42.5 Å². The molecule has 11 rings (SSSR count). The Kier molecular flexibility index (Phi) is 4.22. The molecule has 8 aromatic carbocycles. The predicted octanol–water partition coefficient (Wildman–Crippen LogP) is 12.7. The third-order valence-electron chi connectivity index (χ3n) is 9.42. The summed E-state index contributed by atoms with van der Waals surface area (Å²) in [5.74, 6) is -0.129. The molecule has 0 N–H and O–H groups in total. The Morgan fingerprint density at radius 1 is 0.393 bits per heavy atom. The number of nitrogens with zero attached hydrogens (tertiary/aromatic N) is 5. The molecule has 0 amide bonds. The Balaban J connectivity index is 1.39. The Bertz CT molecular complexity index is 4320. The van der Waals surface area contributed by atoms with E-state index in [2.05, 4.69) is 0 Å². The molecule has 0 unspecified atom stereocenters. The number of rotatable bonds is 6. The summed E-state index contributed by atoms with van der Waals surface area (Å²) in [4.78, 5) is 14.7. The van der Waals surface area contributed by atoms with Crippen LogP contribution in [0, 0.1) is 0 Å². The van der Waals surface area contributed by atoms with E-state index < -0.39 is 153 Å². The van der Waals surface area contributed by atoms with Crippen LogP contribution in [0.3, 0.4) is 0 Å². The molecule has 5 heteroatoms. The maximum absolute atomic E-state index is 9.89. The number of fused-ring (bicyclic) bond motifs is 7. The molecular formula is C51H33N5. The van der Waals surface area contributed by atoms with Gasteiger partial charge in [-0.05, 0) is 58.5 Å². The molecule has 0 aliphatic carbocycles. The lowest BCUT2D eigenvalue weighted by Gasteiger charge is -2.12. The average Bonchev–Trinajstić information content (AvgIpc) is 3.97. The van der Waals surface area contributed by atoms with E-state index in [9.17, 15) is 11.0 Å². The highest BCUT2D eigenvalue weighted by Gasteiger charge is 2.23. The van der Waals surface area contributed by atoms with Gasteiger partial charge in [-0.3, -0.25) is 4.57 Å². The molecular weight excluding hydrogens is 683 g/mol. The van der Waals surface area contributed by atoms with Gasteiger partial charge in [0.15, 0.2) is 11.6 Å². The minimum Gasteiger partial charge on any atom is -0.309 e. The summed E-state index contributed by atoms with van der Waals surface area (Å²) in [6.07, 6.45) is 0. The van der Waals surface area contributed by atoms with Crippen molar-refractivity contribution >= 4 is 43.6 Å². The van der Waals surface area contributed by atoms with Gasteiger partial charge in [-0.15, -0.1) is 0 Å². The van der Waals surface area contributed by atoms with Crippen LogP contribution in [-0.2, 0) is 0 Å². The highest BCUT2D eigenvalue weighted by molar-refractivity contribution is 6.26. The lowest BCUT2D eigenvalue weighted by Crippen LogP contribution is -2.06. The quantitative estimate of drug-likeness (QED) is 0.171. The third kappa shape index (κ3) is 5.21. The number of para-hydroxylation sites is 2. The van der Waals surface area contributed by atoms with E-state index in [1.807, 2.05) is 42.5 Å². The molecule has 0 aliphatic heterocycles. The van der Waals surface area contributed by atoms with Crippen LogP contribution in [0.2, 0.25) is 0 Å². The van der Waals surface area contributed by atoms with Crippen LogP contribution in [0.1, 0.15) is 26.0 Å². The molecule has 0 aliphatic rings. The highest BCUT2D eigenvalue weighted by atomic mass is 15.2. The van der Waals surface area contributed by atoms with Gasteiger partial charge >= 0.3 is 0 Å². The lowest BCUT2D eigenvalue weighted by molar-refractivity contribution is 0.953. The zero-order chi connectivity index (χ0) is 53.5. The van der Waals surface area contributed by atoms with E-state index in [-0.39, 0.29) is 39.4 Å². The summed E-state index contributed by atoms with van der Waals surface area (Å²) in [5, 5.41) is -1.46. The Hall–Kier alpha value is -7.63. The minimum atomic E-state index is -0.940. The normalized spacial score (nSPS) is 16.3. The largest absolute Gasteiger partial charge is 0.309 e. The summed E-state index contributed by atoms with van der Waals surface area (Å²) >= 11 is 0. The fourth-order valence-electron chi connectivity index (χ4n) is 6.97. The molecule has 3 aromatic heterocycles. The molecule has 11 aromatic rings. The van der Waals surface area contributed by atoms with Crippen LogP contribution in [0.25, 0.3) is 100 Å².